The van der Waals surface area contributed by atoms with Crippen LogP contribution in [0, 0.1) is 0 Å². The second kappa shape index (κ2) is 5.51. The first kappa shape index (κ1) is 13.1. The summed E-state index contributed by atoms with van der Waals surface area (Å²) in [5.41, 5.74) is 6.01. The van der Waals surface area contributed by atoms with Gasteiger partial charge < -0.3 is 10.5 Å². The van der Waals surface area contributed by atoms with Crippen molar-refractivity contribution in [2.45, 2.75) is 33.0 Å². The number of nitrogen functional groups attached to an aromatic ring is 1. The first-order valence-corrected chi connectivity index (χ1v) is 5.88. The van der Waals surface area contributed by atoms with Gasteiger partial charge in [-0.2, -0.15) is 10.2 Å². The summed E-state index contributed by atoms with van der Waals surface area (Å²) in [4.78, 5) is 15.7. The predicted octanol–water partition coefficient (Wildman–Crippen LogP) is 0.381. The molecule has 0 atom stereocenters. The minimum Gasteiger partial charge on any atom is -0.456 e. The Balaban J connectivity index is 1.88. The molecule has 0 aliphatic rings. The van der Waals surface area contributed by atoms with Gasteiger partial charge in [0.05, 0.1) is 11.9 Å². The molecule has 0 saturated carbocycles. The molecule has 2 rings (SSSR count). The van der Waals surface area contributed by atoms with Crippen LogP contribution in [0.2, 0.25) is 0 Å². The predicted molar refractivity (Wildman–Crippen MR) is 66.8 cm³/mol. The second-order valence-corrected chi connectivity index (χ2v) is 4.35. The van der Waals surface area contributed by atoms with Gasteiger partial charge in [0, 0.05) is 12.2 Å². The highest BCUT2D eigenvalue weighted by atomic mass is 16.5. The Hall–Kier alpha value is -2.38. The van der Waals surface area contributed by atoms with Crippen LogP contribution in [-0.4, -0.2) is 30.5 Å². The number of ether oxygens (including phenoxy) is 1. The fourth-order valence-corrected chi connectivity index (χ4v) is 1.60. The molecule has 8 heteroatoms. The smallest absolute Gasteiger partial charge is 0.328 e. The molecule has 2 aromatic rings. The molecule has 102 valence electrons. The van der Waals surface area contributed by atoms with Crippen molar-refractivity contribution >= 4 is 11.7 Å². The standard InChI is InChI=1S/C11H16N6O2/c1-8(2)17-10(13-7-15-17)6-19-11(18)5-16-4-9(12)3-14-16/h3-4,7-8H,5-6,12H2,1-2H3. The first-order valence-electron chi connectivity index (χ1n) is 5.88. The lowest BCUT2D eigenvalue weighted by atomic mass is 10.4. The summed E-state index contributed by atoms with van der Waals surface area (Å²) in [6, 6.07) is 0.169. The molecule has 2 heterocycles. The van der Waals surface area contributed by atoms with Crippen LogP contribution in [0.15, 0.2) is 18.7 Å². The second-order valence-electron chi connectivity index (χ2n) is 4.35. The monoisotopic (exact) mass is 264 g/mol. The minimum absolute atomic E-state index is 0.0208. The summed E-state index contributed by atoms with van der Waals surface area (Å²) in [6.45, 7) is 4.07. The maximum Gasteiger partial charge on any atom is 0.328 e. The Morgan fingerprint density at radius 3 is 2.89 bits per heavy atom. The van der Waals surface area contributed by atoms with E-state index in [4.69, 9.17) is 10.5 Å². The van der Waals surface area contributed by atoms with E-state index >= 15 is 0 Å². The zero-order chi connectivity index (χ0) is 13.8. The quantitative estimate of drug-likeness (QED) is 0.783. The lowest BCUT2D eigenvalue weighted by Gasteiger charge is -2.09. The number of carbonyl (C=O) groups is 1. The number of carbonyl (C=O) groups excluding carboxylic acids is 1. The van der Waals surface area contributed by atoms with Crippen LogP contribution in [-0.2, 0) is 22.7 Å². The van der Waals surface area contributed by atoms with Crippen molar-refractivity contribution in [3.8, 4) is 0 Å². The van der Waals surface area contributed by atoms with Crippen molar-refractivity contribution < 1.29 is 9.53 Å². The number of aromatic nitrogens is 5. The molecular weight excluding hydrogens is 248 g/mol. The summed E-state index contributed by atoms with van der Waals surface area (Å²) >= 11 is 0. The summed E-state index contributed by atoms with van der Waals surface area (Å²) in [7, 11) is 0. The molecule has 8 nitrogen and oxygen atoms in total. The van der Waals surface area contributed by atoms with E-state index in [0.29, 0.717) is 11.5 Å². The Morgan fingerprint density at radius 1 is 1.47 bits per heavy atom. The van der Waals surface area contributed by atoms with Crippen LogP contribution in [0.25, 0.3) is 0 Å². The molecule has 0 fully saturated rings. The van der Waals surface area contributed by atoms with Gasteiger partial charge in [0.15, 0.2) is 12.4 Å². The zero-order valence-corrected chi connectivity index (χ0v) is 10.9. The molecule has 0 unspecified atom stereocenters. The number of rotatable bonds is 5. The van der Waals surface area contributed by atoms with Crippen molar-refractivity contribution in [3.05, 3.63) is 24.5 Å². The molecule has 0 aliphatic heterocycles. The molecule has 19 heavy (non-hydrogen) atoms. The van der Waals surface area contributed by atoms with Gasteiger partial charge in [0.25, 0.3) is 0 Å². The molecular formula is C11H16N6O2. The molecule has 0 aromatic carbocycles. The van der Waals surface area contributed by atoms with Crippen LogP contribution < -0.4 is 5.73 Å². The third kappa shape index (κ3) is 3.30. The number of esters is 1. The van der Waals surface area contributed by atoms with Crippen LogP contribution in [0.3, 0.4) is 0 Å². The molecule has 0 radical (unpaired) electrons. The number of hydrogen-bond donors (Lipinski definition) is 1. The van der Waals surface area contributed by atoms with Gasteiger partial charge in [-0.3, -0.25) is 9.48 Å². The van der Waals surface area contributed by atoms with Crippen LogP contribution in [0.5, 0.6) is 0 Å². The highest BCUT2D eigenvalue weighted by Gasteiger charge is 2.11. The number of nitrogens with two attached hydrogens (primary N) is 1. The van der Waals surface area contributed by atoms with Gasteiger partial charge in [-0.25, -0.2) is 9.67 Å². The molecule has 0 spiro atoms. The Kier molecular flexibility index (Phi) is 3.79. The Morgan fingerprint density at radius 2 is 2.26 bits per heavy atom. The SMILES string of the molecule is CC(C)n1ncnc1COC(=O)Cn1cc(N)cn1. The highest BCUT2D eigenvalue weighted by Crippen LogP contribution is 2.06. The largest absolute Gasteiger partial charge is 0.456 e. The average molecular weight is 264 g/mol. The highest BCUT2D eigenvalue weighted by molar-refractivity contribution is 5.69. The van der Waals surface area contributed by atoms with Crippen molar-refractivity contribution in [2.75, 3.05) is 5.73 Å². The van der Waals surface area contributed by atoms with Crippen molar-refractivity contribution in [2.24, 2.45) is 0 Å². The minimum atomic E-state index is -0.401. The van der Waals surface area contributed by atoms with Gasteiger partial charge in [-0.1, -0.05) is 0 Å². The number of hydrogen-bond acceptors (Lipinski definition) is 6. The van der Waals surface area contributed by atoms with E-state index in [1.807, 2.05) is 13.8 Å². The fourth-order valence-electron chi connectivity index (χ4n) is 1.60. The van der Waals surface area contributed by atoms with Crippen LogP contribution >= 0.6 is 0 Å². The van der Waals surface area contributed by atoms with Gasteiger partial charge in [-0.05, 0) is 13.8 Å². The number of anilines is 1. The lowest BCUT2D eigenvalue weighted by Crippen LogP contribution is -2.16. The van der Waals surface area contributed by atoms with E-state index in [-0.39, 0.29) is 19.2 Å². The Labute approximate surface area is 110 Å². The third-order valence-electron chi connectivity index (χ3n) is 2.44. The molecule has 2 N–H and O–H groups in total. The summed E-state index contributed by atoms with van der Waals surface area (Å²) < 4.78 is 8.26. The van der Waals surface area contributed by atoms with Crippen LogP contribution in [0.4, 0.5) is 5.69 Å². The maximum atomic E-state index is 11.6. The zero-order valence-electron chi connectivity index (χ0n) is 10.9. The molecule has 0 bridgehead atoms. The fraction of sp³-hybridized carbons (Fsp3) is 0.455. The first-order chi connectivity index (χ1) is 9.06. The summed E-state index contributed by atoms with van der Waals surface area (Å²) in [5, 5.41) is 7.97. The van der Waals surface area contributed by atoms with Crippen molar-refractivity contribution in [3.63, 3.8) is 0 Å². The normalized spacial score (nSPS) is 10.9. The van der Waals surface area contributed by atoms with E-state index in [9.17, 15) is 4.79 Å². The van der Waals surface area contributed by atoms with E-state index < -0.39 is 5.97 Å². The van der Waals surface area contributed by atoms with E-state index in [1.54, 1.807) is 10.9 Å². The van der Waals surface area contributed by atoms with Gasteiger partial charge in [0.1, 0.15) is 12.9 Å². The molecule has 0 aliphatic carbocycles. The summed E-state index contributed by atoms with van der Waals surface area (Å²) in [5.74, 6) is 0.213. The van der Waals surface area contributed by atoms with Crippen molar-refractivity contribution in [1.29, 1.82) is 0 Å². The Bertz CT molecular complexity index is 559. The topological polar surface area (TPSA) is 101 Å². The van der Waals surface area contributed by atoms with Gasteiger partial charge >= 0.3 is 5.97 Å². The molecule has 2 aromatic heterocycles. The number of nitrogens with zero attached hydrogens (tertiary/aromatic N) is 5. The van der Waals surface area contributed by atoms with E-state index in [1.165, 1.54) is 17.2 Å². The summed E-state index contributed by atoms with van der Waals surface area (Å²) in [6.07, 6.45) is 4.48. The van der Waals surface area contributed by atoms with Gasteiger partial charge in [0.2, 0.25) is 0 Å². The average Bonchev–Trinajstić information content (AvgIpc) is 2.95. The molecule has 0 amide bonds. The van der Waals surface area contributed by atoms with E-state index in [0.717, 1.165) is 0 Å². The van der Waals surface area contributed by atoms with Crippen molar-refractivity contribution in [1.82, 2.24) is 24.5 Å². The van der Waals surface area contributed by atoms with Gasteiger partial charge in [-0.15, -0.1) is 0 Å². The van der Waals surface area contributed by atoms with Crippen LogP contribution in [0.1, 0.15) is 25.7 Å². The van der Waals surface area contributed by atoms with E-state index in [2.05, 4.69) is 15.2 Å². The lowest BCUT2D eigenvalue weighted by molar-refractivity contribution is -0.146. The maximum absolute atomic E-state index is 11.6. The third-order valence-corrected chi connectivity index (χ3v) is 2.44. The molecule has 0 saturated heterocycles.